The minimum atomic E-state index is -0.156. The Morgan fingerprint density at radius 3 is 2.64 bits per heavy atom. The normalized spacial score (nSPS) is 18.4. The van der Waals surface area contributed by atoms with E-state index in [1.165, 1.54) is 12.0 Å². The van der Waals surface area contributed by atoms with Crippen LogP contribution in [0.25, 0.3) is 0 Å². The molecule has 14 heavy (non-hydrogen) atoms. The summed E-state index contributed by atoms with van der Waals surface area (Å²) in [5.74, 6) is 0. The van der Waals surface area contributed by atoms with Crippen LogP contribution in [0.1, 0.15) is 36.0 Å². The van der Waals surface area contributed by atoms with Crippen molar-refractivity contribution in [2.45, 2.75) is 31.7 Å². The SMILES string of the molecule is Cc1ccc(C#N)cc1C1(N)CCC1. The highest BCUT2D eigenvalue weighted by atomic mass is 14.8. The predicted octanol–water partition coefficient (Wildman–Crippen LogP) is 2.20. The molecule has 0 amide bonds. The molecule has 1 fully saturated rings. The van der Waals surface area contributed by atoms with Crippen LogP contribution >= 0.6 is 0 Å². The van der Waals surface area contributed by atoms with E-state index in [4.69, 9.17) is 11.0 Å². The lowest BCUT2D eigenvalue weighted by atomic mass is 9.71. The molecule has 2 rings (SSSR count). The molecule has 1 aromatic carbocycles. The van der Waals surface area contributed by atoms with E-state index in [1.54, 1.807) is 0 Å². The molecule has 1 aliphatic carbocycles. The Hall–Kier alpha value is -1.33. The first-order valence-electron chi connectivity index (χ1n) is 4.96. The van der Waals surface area contributed by atoms with Gasteiger partial charge in [0.05, 0.1) is 11.6 Å². The van der Waals surface area contributed by atoms with Gasteiger partial charge in [-0.2, -0.15) is 5.26 Å². The lowest BCUT2D eigenvalue weighted by Crippen LogP contribution is -2.43. The molecule has 2 heteroatoms. The lowest BCUT2D eigenvalue weighted by molar-refractivity contribution is 0.252. The van der Waals surface area contributed by atoms with Gasteiger partial charge >= 0.3 is 0 Å². The summed E-state index contributed by atoms with van der Waals surface area (Å²) in [4.78, 5) is 0. The quantitative estimate of drug-likeness (QED) is 0.731. The first-order valence-corrected chi connectivity index (χ1v) is 4.96. The Kier molecular flexibility index (Phi) is 2.05. The Morgan fingerprint density at radius 1 is 1.43 bits per heavy atom. The number of benzene rings is 1. The van der Waals surface area contributed by atoms with Gasteiger partial charge in [-0.3, -0.25) is 0 Å². The number of aryl methyl sites for hydroxylation is 1. The Labute approximate surface area is 84.3 Å². The molecule has 0 aromatic heterocycles. The maximum Gasteiger partial charge on any atom is 0.0991 e. The third-order valence-corrected chi connectivity index (χ3v) is 3.15. The van der Waals surface area contributed by atoms with Gasteiger partial charge in [-0.05, 0) is 49.4 Å². The number of rotatable bonds is 1. The Bertz CT molecular complexity index is 397. The fourth-order valence-electron chi connectivity index (χ4n) is 2.05. The van der Waals surface area contributed by atoms with Gasteiger partial charge in [-0.15, -0.1) is 0 Å². The van der Waals surface area contributed by atoms with Gasteiger partial charge < -0.3 is 5.73 Å². The molecule has 1 aromatic rings. The van der Waals surface area contributed by atoms with Crippen molar-refractivity contribution in [3.8, 4) is 6.07 Å². The van der Waals surface area contributed by atoms with Crippen LogP contribution in [0.3, 0.4) is 0 Å². The molecule has 1 saturated carbocycles. The van der Waals surface area contributed by atoms with E-state index in [2.05, 4.69) is 13.0 Å². The van der Waals surface area contributed by atoms with E-state index < -0.39 is 0 Å². The van der Waals surface area contributed by atoms with Gasteiger partial charge in [-0.25, -0.2) is 0 Å². The minimum Gasteiger partial charge on any atom is -0.321 e. The first-order chi connectivity index (χ1) is 6.65. The number of hydrogen-bond acceptors (Lipinski definition) is 2. The number of nitriles is 1. The van der Waals surface area contributed by atoms with Crippen molar-refractivity contribution in [2.24, 2.45) is 5.73 Å². The summed E-state index contributed by atoms with van der Waals surface area (Å²) < 4.78 is 0. The van der Waals surface area contributed by atoms with Crippen LogP contribution in [0, 0.1) is 18.3 Å². The standard InChI is InChI=1S/C12H14N2/c1-9-3-4-10(8-13)7-11(9)12(14)5-2-6-12/h3-4,7H,2,5-6,14H2,1H3. The second kappa shape index (κ2) is 3.11. The summed E-state index contributed by atoms with van der Waals surface area (Å²) in [5, 5.41) is 8.82. The molecule has 0 bridgehead atoms. The van der Waals surface area contributed by atoms with E-state index in [9.17, 15) is 0 Å². The first kappa shape index (κ1) is 9.23. The van der Waals surface area contributed by atoms with Crippen LogP contribution in [-0.2, 0) is 5.54 Å². The number of nitrogens with two attached hydrogens (primary N) is 1. The van der Waals surface area contributed by atoms with Gasteiger partial charge in [0.2, 0.25) is 0 Å². The van der Waals surface area contributed by atoms with Crippen molar-refractivity contribution in [1.29, 1.82) is 5.26 Å². The molecule has 0 radical (unpaired) electrons. The zero-order valence-corrected chi connectivity index (χ0v) is 8.38. The summed E-state index contributed by atoms with van der Waals surface area (Å²) in [6.07, 6.45) is 3.29. The highest BCUT2D eigenvalue weighted by molar-refractivity contribution is 5.42. The van der Waals surface area contributed by atoms with Crippen molar-refractivity contribution in [3.05, 3.63) is 34.9 Å². The molecule has 0 heterocycles. The molecule has 0 spiro atoms. The Morgan fingerprint density at radius 2 is 2.14 bits per heavy atom. The van der Waals surface area contributed by atoms with Gasteiger partial charge in [0.1, 0.15) is 0 Å². The molecule has 1 aliphatic rings. The summed E-state index contributed by atoms with van der Waals surface area (Å²) in [6.45, 7) is 2.06. The van der Waals surface area contributed by atoms with Crippen LogP contribution in [0.4, 0.5) is 0 Å². The van der Waals surface area contributed by atoms with Crippen LogP contribution in [0.15, 0.2) is 18.2 Å². The zero-order chi connectivity index (χ0) is 10.2. The maximum atomic E-state index is 8.82. The summed E-state index contributed by atoms with van der Waals surface area (Å²) in [5.41, 5.74) is 9.15. The maximum absolute atomic E-state index is 8.82. The van der Waals surface area contributed by atoms with Gasteiger partial charge in [0, 0.05) is 5.54 Å². The number of hydrogen-bond donors (Lipinski definition) is 1. The molecule has 0 saturated heterocycles. The topological polar surface area (TPSA) is 49.8 Å². The summed E-state index contributed by atoms with van der Waals surface area (Å²) in [6, 6.07) is 7.93. The van der Waals surface area contributed by atoms with E-state index in [1.807, 2.05) is 18.2 Å². The van der Waals surface area contributed by atoms with Gasteiger partial charge in [-0.1, -0.05) is 6.07 Å². The average molecular weight is 186 g/mol. The van der Waals surface area contributed by atoms with Gasteiger partial charge in [0.25, 0.3) is 0 Å². The highest BCUT2D eigenvalue weighted by Crippen LogP contribution is 2.40. The molecule has 0 unspecified atom stereocenters. The monoisotopic (exact) mass is 186 g/mol. The van der Waals surface area contributed by atoms with Crippen molar-refractivity contribution < 1.29 is 0 Å². The van der Waals surface area contributed by atoms with E-state index in [0.29, 0.717) is 5.56 Å². The van der Waals surface area contributed by atoms with Crippen molar-refractivity contribution in [2.75, 3.05) is 0 Å². The Balaban J connectivity index is 2.46. The van der Waals surface area contributed by atoms with Crippen LogP contribution in [-0.4, -0.2) is 0 Å². The summed E-state index contributed by atoms with van der Waals surface area (Å²) in [7, 11) is 0. The molecule has 0 aliphatic heterocycles. The smallest absolute Gasteiger partial charge is 0.0991 e. The van der Waals surface area contributed by atoms with E-state index in [-0.39, 0.29) is 5.54 Å². The molecular formula is C12H14N2. The second-order valence-corrected chi connectivity index (χ2v) is 4.15. The molecular weight excluding hydrogens is 172 g/mol. The molecule has 0 atom stereocenters. The molecule has 2 nitrogen and oxygen atoms in total. The van der Waals surface area contributed by atoms with Crippen LogP contribution < -0.4 is 5.73 Å². The molecule has 2 N–H and O–H groups in total. The highest BCUT2D eigenvalue weighted by Gasteiger charge is 2.35. The average Bonchev–Trinajstić information content (AvgIpc) is 2.15. The zero-order valence-electron chi connectivity index (χ0n) is 8.38. The summed E-state index contributed by atoms with van der Waals surface area (Å²) >= 11 is 0. The van der Waals surface area contributed by atoms with E-state index in [0.717, 1.165) is 18.4 Å². The van der Waals surface area contributed by atoms with Crippen molar-refractivity contribution in [3.63, 3.8) is 0 Å². The van der Waals surface area contributed by atoms with E-state index >= 15 is 0 Å². The molecule has 72 valence electrons. The van der Waals surface area contributed by atoms with Gasteiger partial charge in [0.15, 0.2) is 0 Å². The fourth-order valence-corrected chi connectivity index (χ4v) is 2.05. The number of nitrogens with zero attached hydrogens (tertiary/aromatic N) is 1. The van der Waals surface area contributed by atoms with Crippen LogP contribution in [0.5, 0.6) is 0 Å². The second-order valence-electron chi connectivity index (χ2n) is 4.15. The predicted molar refractivity (Wildman–Crippen MR) is 55.6 cm³/mol. The fraction of sp³-hybridized carbons (Fsp3) is 0.417. The van der Waals surface area contributed by atoms with Crippen molar-refractivity contribution >= 4 is 0 Å². The lowest BCUT2D eigenvalue weighted by Gasteiger charge is -2.39. The third kappa shape index (κ3) is 1.30. The van der Waals surface area contributed by atoms with Crippen molar-refractivity contribution in [1.82, 2.24) is 0 Å². The largest absolute Gasteiger partial charge is 0.321 e. The minimum absolute atomic E-state index is 0.156. The third-order valence-electron chi connectivity index (χ3n) is 3.15. The van der Waals surface area contributed by atoms with Crippen LogP contribution in [0.2, 0.25) is 0 Å².